The minimum atomic E-state index is 0.469. The van der Waals surface area contributed by atoms with Gasteiger partial charge in [0.15, 0.2) is 0 Å². The molecule has 0 bridgehead atoms. The summed E-state index contributed by atoms with van der Waals surface area (Å²) in [4.78, 5) is 1.63. The zero-order chi connectivity index (χ0) is 15.3. The molecule has 1 heterocycles. The van der Waals surface area contributed by atoms with Crippen molar-refractivity contribution in [3.8, 4) is 5.69 Å². The highest BCUT2D eigenvalue weighted by Crippen LogP contribution is 2.34. The first kappa shape index (κ1) is 15.1. The summed E-state index contributed by atoms with van der Waals surface area (Å²) in [5.74, 6) is 0. The predicted octanol–water partition coefficient (Wildman–Crippen LogP) is 4.64. The highest BCUT2D eigenvalue weighted by atomic mass is 127. The number of hydrogen-bond acceptors (Lipinski definition) is 3. The van der Waals surface area contributed by atoms with Crippen LogP contribution in [0.4, 0.5) is 5.69 Å². The molecule has 7 heteroatoms. The third kappa shape index (κ3) is 2.53. The molecule has 2 aromatic carbocycles. The van der Waals surface area contributed by atoms with Crippen LogP contribution in [0.2, 0.25) is 5.02 Å². The third-order valence-electron chi connectivity index (χ3n) is 3.30. The van der Waals surface area contributed by atoms with Gasteiger partial charge in [-0.25, -0.2) is 0 Å². The van der Waals surface area contributed by atoms with Crippen molar-refractivity contribution in [1.82, 2.24) is 15.0 Å². The van der Waals surface area contributed by atoms with Gasteiger partial charge in [0, 0.05) is 3.57 Å². The fourth-order valence-electron chi connectivity index (χ4n) is 2.09. The number of benzene rings is 2. The van der Waals surface area contributed by atoms with Crippen LogP contribution in [0.3, 0.4) is 0 Å². The van der Waals surface area contributed by atoms with Crippen molar-refractivity contribution >= 4 is 66.8 Å². The molecule has 1 aromatic heterocycles. The van der Waals surface area contributed by atoms with E-state index in [1.807, 2.05) is 6.92 Å². The largest absolute Gasteiger partial charge is 0.397 e. The summed E-state index contributed by atoms with van der Waals surface area (Å²) in [7, 11) is 0. The molecule has 108 valence electrons. The van der Waals surface area contributed by atoms with Crippen LogP contribution in [0.1, 0.15) is 11.1 Å². The molecule has 0 saturated carbocycles. The Hall–Kier alpha value is -0.860. The van der Waals surface area contributed by atoms with Crippen molar-refractivity contribution in [2.75, 3.05) is 5.73 Å². The van der Waals surface area contributed by atoms with Gasteiger partial charge in [0.2, 0.25) is 0 Å². The van der Waals surface area contributed by atoms with Crippen molar-refractivity contribution in [3.05, 3.63) is 42.4 Å². The first-order valence-electron chi connectivity index (χ1n) is 6.16. The molecule has 0 aliphatic heterocycles. The van der Waals surface area contributed by atoms with Gasteiger partial charge in [0.05, 0.1) is 20.9 Å². The number of aromatic nitrogens is 3. The molecule has 3 aromatic rings. The Balaban J connectivity index is 2.27. The lowest BCUT2D eigenvalue weighted by molar-refractivity contribution is 0.759. The number of fused-ring (bicyclic) bond motifs is 1. The van der Waals surface area contributed by atoms with E-state index in [1.54, 1.807) is 10.9 Å². The van der Waals surface area contributed by atoms with Gasteiger partial charge >= 0.3 is 0 Å². The van der Waals surface area contributed by atoms with Crippen molar-refractivity contribution in [2.24, 2.45) is 0 Å². The van der Waals surface area contributed by atoms with Gasteiger partial charge in [-0.1, -0.05) is 11.6 Å². The molecule has 3 rings (SSSR count). The van der Waals surface area contributed by atoms with Gasteiger partial charge in [0.1, 0.15) is 11.0 Å². The lowest BCUT2D eigenvalue weighted by Crippen LogP contribution is -2.02. The summed E-state index contributed by atoms with van der Waals surface area (Å²) in [5, 5.41) is 9.51. The molecule has 0 aliphatic rings. The molecule has 0 atom stereocenters. The second kappa shape index (κ2) is 5.40. The first-order chi connectivity index (χ1) is 9.88. The second-order valence-electron chi connectivity index (χ2n) is 4.83. The minimum absolute atomic E-state index is 0.469. The van der Waals surface area contributed by atoms with E-state index in [2.05, 4.69) is 67.8 Å². The Kier molecular flexibility index (Phi) is 3.87. The van der Waals surface area contributed by atoms with Crippen LogP contribution >= 0.6 is 50.1 Å². The fourth-order valence-corrected chi connectivity index (χ4v) is 3.52. The number of nitrogens with zero attached hydrogens (tertiary/aromatic N) is 3. The van der Waals surface area contributed by atoms with Crippen LogP contribution in [-0.2, 0) is 0 Å². The van der Waals surface area contributed by atoms with E-state index in [-0.39, 0.29) is 0 Å². The lowest BCUT2D eigenvalue weighted by Gasteiger charge is -2.07. The van der Waals surface area contributed by atoms with Crippen LogP contribution in [0, 0.1) is 17.4 Å². The van der Waals surface area contributed by atoms with Gasteiger partial charge in [-0.15, -0.1) is 10.2 Å². The number of rotatable bonds is 1. The standard InChI is InChI=1S/C14H11BrClIN4/c1-6-4-11(7(2)3-9(6)17)21-19-10-5-8(16)13(18)12(15)14(10)20-21/h3-5H,18H2,1-2H3. The number of hydrogen-bond donors (Lipinski definition) is 1. The van der Waals surface area contributed by atoms with Gasteiger partial charge in [-0.2, -0.15) is 4.80 Å². The molecule has 4 nitrogen and oxygen atoms in total. The van der Waals surface area contributed by atoms with E-state index < -0.39 is 0 Å². The molecule has 21 heavy (non-hydrogen) atoms. The summed E-state index contributed by atoms with van der Waals surface area (Å²) >= 11 is 11.9. The highest BCUT2D eigenvalue weighted by Gasteiger charge is 2.14. The monoisotopic (exact) mass is 476 g/mol. The summed E-state index contributed by atoms with van der Waals surface area (Å²) in [6.45, 7) is 4.11. The summed E-state index contributed by atoms with van der Waals surface area (Å²) in [6, 6.07) is 5.93. The maximum absolute atomic E-state index is 6.09. The molecule has 0 fully saturated rings. The normalized spacial score (nSPS) is 11.3. The molecular weight excluding hydrogens is 466 g/mol. The zero-order valence-corrected chi connectivity index (χ0v) is 15.8. The van der Waals surface area contributed by atoms with E-state index in [1.165, 1.54) is 9.13 Å². The van der Waals surface area contributed by atoms with Crippen LogP contribution < -0.4 is 5.73 Å². The van der Waals surface area contributed by atoms with E-state index in [4.69, 9.17) is 17.3 Å². The smallest absolute Gasteiger partial charge is 0.130 e. The SMILES string of the molecule is Cc1cc(-n2nc3cc(Cl)c(N)c(Br)c3n2)c(C)cc1I. The fraction of sp³-hybridized carbons (Fsp3) is 0.143. The molecule has 0 spiro atoms. The van der Waals surface area contributed by atoms with Crippen molar-refractivity contribution in [3.63, 3.8) is 0 Å². The third-order valence-corrected chi connectivity index (χ3v) is 5.58. The number of nitrogens with two attached hydrogens (primary N) is 1. The quantitative estimate of drug-likeness (QED) is 0.410. The summed E-state index contributed by atoms with van der Waals surface area (Å²) in [6.07, 6.45) is 0. The molecular formula is C14H11BrClIN4. The van der Waals surface area contributed by atoms with E-state index in [9.17, 15) is 0 Å². The van der Waals surface area contributed by atoms with Gasteiger partial charge < -0.3 is 5.73 Å². The number of anilines is 1. The van der Waals surface area contributed by atoms with Crippen LogP contribution in [0.25, 0.3) is 16.7 Å². The Bertz CT molecular complexity index is 875. The number of halogens is 3. The zero-order valence-electron chi connectivity index (χ0n) is 11.3. The van der Waals surface area contributed by atoms with Crippen molar-refractivity contribution < 1.29 is 0 Å². The van der Waals surface area contributed by atoms with Crippen LogP contribution in [-0.4, -0.2) is 15.0 Å². The van der Waals surface area contributed by atoms with Gasteiger partial charge in [-0.05, 0) is 81.7 Å². The predicted molar refractivity (Wildman–Crippen MR) is 98.2 cm³/mol. The van der Waals surface area contributed by atoms with Crippen molar-refractivity contribution in [2.45, 2.75) is 13.8 Å². The molecule has 0 unspecified atom stereocenters. The van der Waals surface area contributed by atoms with Crippen LogP contribution in [0.5, 0.6) is 0 Å². The molecule has 2 N–H and O–H groups in total. The van der Waals surface area contributed by atoms with Crippen LogP contribution in [0.15, 0.2) is 22.7 Å². The number of aryl methyl sites for hydroxylation is 2. The minimum Gasteiger partial charge on any atom is -0.397 e. The molecule has 0 amide bonds. The number of nitrogen functional groups attached to an aromatic ring is 1. The highest BCUT2D eigenvalue weighted by molar-refractivity contribution is 14.1. The second-order valence-corrected chi connectivity index (χ2v) is 7.19. The average Bonchev–Trinajstić information content (AvgIpc) is 2.84. The van der Waals surface area contributed by atoms with Gasteiger partial charge in [-0.3, -0.25) is 0 Å². The van der Waals surface area contributed by atoms with E-state index in [0.717, 1.165) is 11.3 Å². The van der Waals surface area contributed by atoms with Crippen molar-refractivity contribution in [1.29, 1.82) is 0 Å². The topological polar surface area (TPSA) is 56.7 Å². The first-order valence-corrected chi connectivity index (χ1v) is 8.41. The maximum atomic E-state index is 6.09. The molecule has 0 radical (unpaired) electrons. The Labute approximate surface area is 148 Å². The Morgan fingerprint density at radius 1 is 1.19 bits per heavy atom. The molecule has 0 saturated heterocycles. The lowest BCUT2D eigenvalue weighted by atomic mass is 10.1. The molecule has 0 aliphatic carbocycles. The summed E-state index contributed by atoms with van der Waals surface area (Å²) in [5.41, 5.74) is 11.0. The average molecular weight is 478 g/mol. The Morgan fingerprint density at radius 2 is 1.90 bits per heavy atom. The van der Waals surface area contributed by atoms with E-state index >= 15 is 0 Å². The maximum Gasteiger partial charge on any atom is 0.130 e. The Morgan fingerprint density at radius 3 is 2.62 bits per heavy atom. The summed E-state index contributed by atoms with van der Waals surface area (Å²) < 4.78 is 1.90. The van der Waals surface area contributed by atoms with Gasteiger partial charge in [0.25, 0.3) is 0 Å². The van der Waals surface area contributed by atoms with E-state index in [0.29, 0.717) is 26.2 Å².